The molecule has 0 saturated heterocycles. The third-order valence-corrected chi connectivity index (χ3v) is 8.54. The molecule has 0 aliphatic heterocycles. The van der Waals surface area contributed by atoms with E-state index in [4.69, 9.17) is 16.3 Å². The average molecular weight is 572 g/mol. The van der Waals surface area contributed by atoms with Crippen molar-refractivity contribution < 1.29 is 22.3 Å². The first kappa shape index (κ1) is 28.7. The van der Waals surface area contributed by atoms with Crippen molar-refractivity contribution in [2.45, 2.75) is 6.92 Å². The lowest BCUT2D eigenvalue weighted by atomic mass is 9.98. The highest BCUT2D eigenvalue weighted by Gasteiger charge is 2.24. The molecule has 0 spiro atoms. The highest BCUT2D eigenvalue weighted by molar-refractivity contribution is 7.86. The molecule has 0 radical (unpaired) electrons. The molecule has 15 heteroatoms. The van der Waals surface area contributed by atoms with Gasteiger partial charge in [-0.1, -0.05) is 22.9 Å². The zero-order chi connectivity index (χ0) is 27.5. The summed E-state index contributed by atoms with van der Waals surface area (Å²) in [6.07, 6.45) is 1.34. The second kappa shape index (κ2) is 11.6. The number of likely N-dealkylation sites (N-methyl/N-ethyl adjacent to an activating group) is 2. The van der Waals surface area contributed by atoms with Crippen molar-refractivity contribution in [1.82, 2.24) is 23.8 Å². The van der Waals surface area contributed by atoms with Gasteiger partial charge in [0.1, 0.15) is 5.75 Å². The molecule has 2 aromatic heterocycles. The largest absolute Gasteiger partial charge is 0.496 e. The summed E-state index contributed by atoms with van der Waals surface area (Å²) in [6.45, 7) is 2.27. The van der Waals surface area contributed by atoms with Crippen molar-refractivity contribution in [3.05, 3.63) is 46.5 Å². The van der Waals surface area contributed by atoms with Crippen LogP contribution in [0, 0.1) is 12.7 Å². The van der Waals surface area contributed by atoms with Crippen molar-refractivity contribution in [2.24, 2.45) is 0 Å². The summed E-state index contributed by atoms with van der Waals surface area (Å²) in [5.74, 6) is -1.09. The van der Waals surface area contributed by atoms with E-state index in [1.807, 2.05) is 0 Å². The Kier molecular flexibility index (Phi) is 9.02. The van der Waals surface area contributed by atoms with Gasteiger partial charge in [-0.05, 0) is 25.1 Å². The van der Waals surface area contributed by atoms with Crippen LogP contribution in [-0.2, 0) is 10.2 Å². The molecule has 200 valence electrons. The van der Waals surface area contributed by atoms with Crippen LogP contribution in [0.25, 0.3) is 11.1 Å². The van der Waals surface area contributed by atoms with Crippen LogP contribution >= 0.6 is 22.9 Å². The fraction of sp³-hybridized carbons (Fsp3) is 0.364. The molecule has 3 aromatic rings. The zero-order valence-electron chi connectivity index (χ0n) is 21.1. The van der Waals surface area contributed by atoms with E-state index in [9.17, 15) is 13.2 Å². The minimum atomic E-state index is -3.54. The molecule has 0 bridgehead atoms. The summed E-state index contributed by atoms with van der Waals surface area (Å²) in [5.41, 5.74) is 0.953. The molecule has 0 aliphatic carbocycles. The molecule has 0 saturated carbocycles. The summed E-state index contributed by atoms with van der Waals surface area (Å²) >= 11 is 7.11. The Morgan fingerprint density at radius 1 is 1.19 bits per heavy atom. The number of ether oxygens (including phenoxy) is 1. The number of benzene rings is 1. The summed E-state index contributed by atoms with van der Waals surface area (Å²) < 4.78 is 47.1. The first-order valence-electron chi connectivity index (χ1n) is 10.9. The van der Waals surface area contributed by atoms with Gasteiger partial charge in [0.2, 0.25) is 10.3 Å². The first-order valence-corrected chi connectivity index (χ1v) is 13.4. The molecule has 37 heavy (non-hydrogen) atoms. The Bertz CT molecular complexity index is 1400. The molecular weight excluding hydrogens is 545 g/mol. The molecule has 0 fully saturated rings. The fourth-order valence-corrected chi connectivity index (χ4v) is 5.02. The maximum Gasteiger partial charge on any atom is 0.281 e. The third-order valence-electron chi connectivity index (χ3n) is 5.40. The molecular formula is C22H27ClFN7O4S2. The molecule has 0 aliphatic rings. The Balaban J connectivity index is 1.81. The SMILES string of the molecule is COc1ccc(Cl)c(F)c1-c1cc(C)ncc1C(=O)Nc1nnc(N(C)CCN(C)S(=O)(=O)N(C)C)s1. The minimum Gasteiger partial charge on any atom is -0.496 e. The average Bonchev–Trinajstić information content (AvgIpc) is 3.32. The summed E-state index contributed by atoms with van der Waals surface area (Å²) in [7, 11) is 4.00. The number of pyridine rings is 1. The number of amides is 1. The number of hydrogen-bond acceptors (Lipinski definition) is 9. The Morgan fingerprint density at radius 3 is 2.54 bits per heavy atom. The van der Waals surface area contributed by atoms with Crippen LogP contribution in [-0.4, -0.2) is 86.5 Å². The lowest BCUT2D eigenvalue weighted by molar-refractivity contribution is 0.102. The van der Waals surface area contributed by atoms with E-state index in [1.165, 1.54) is 50.9 Å². The van der Waals surface area contributed by atoms with Gasteiger partial charge in [-0.25, -0.2) is 4.39 Å². The number of rotatable bonds is 10. The van der Waals surface area contributed by atoms with Crippen LogP contribution < -0.4 is 15.0 Å². The Morgan fingerprint density at radius 2 is 1.89 bits per heavy atom. The zero-order valence-corrected chi connectivity index (χ0v) is 23.5. The Hall–Kier alpha value is -2.91. The Labute approximate surface area is 224 Å². The number of hydrogen-bond donors (Lipinski definition) is 1. The predicted molar refractivity (Wildman–Crippen MR) is 142 cm³/mol. The van der Waals surface area contributed by atoms with Gasteiger partial charge in [0.15, 0.2) is 5.82 Å². The smallest absolute Gasteiger partial charge is 0.281 e. The van der Waals surface area contributed by atoms with Gasteiger partial charge in [0.05, 0.1) is 23.3 Å². The topological polar surface area (TPSA) is 121 Å². The predicted octanol–water partition coefficient (Wildman–Crippen LogP) is 3.14. The standard InChI is InChI=1S/C22H27ClFN7O4S2/c1-13-11-14(18-17(35-6)8-7-16(23)19(18)24)15(12-25-13)20(32)26-21-27-28-22(36-21)30(4)9-10-31(5)37(33,34)29(2)3/h7-8,11-12H,9-10H2,1-6H3,(H,26,27,32). The highest BCUT2D eigenvalue weighted by atomic mass is 35.5. The van der Waals surface area contributed by atoms with Crippen molar-refractivity contribution in [2.75, 3.05) is 58.6 Å². The monoisotopic (exact) mass is 571 g/mol. The number of nitrogens with zero attached hydrogens (tertiary/aromatic N) is 6. The molecule has 11 nitrogen and oxygen atoms in total. The van der Waals surface area contributed by atoms with Crippen molar-refractivity contribution in [1.29, 1.82) is 0 Å². The maximum atomic E-state index is 15.0. The van der Waals surface area contributed by atoms with Gasteiger partial charge < -0.3 is 9.64 Å². The summed E-state index contributed by atoms with van der Waals surface area (Å²) in [5, 5.41) is 11.3. The molecule has 1 amide bonds. The quantitative estimate of drug-likeness (QED) is 0.394. The fourth-order valence-electron chi connectivity index (χ4n) is 3.27. The lowest BCUT2D eigenvalue weighted by Crippen LogP contribution is -2.41. The molecule has 0 unspecified atom stereocenters. The van der Waals surface area contributed by atoms with E-state index >= 15 is 4.39 Å². The van der Waals surface area contributed by atoms with Gasteiger partial charge in [0, 0.05) is 58.7 Å². The van der Waals surface area contributed by atoms with E-state index in [0.29, 0.717) is 17.4 Å². The number of carbonyl (C=O) groups is 1. The van der Waals surface area contributed by atoms with Crippen molar-refractivity contribution >= 4 is 49.3 Å². The number of anilines is 2. The van der Waals surface area contributed by atoms with Crippen molar-refractivity contribution in [3.8, 4) is 16.9 Å². The van der Waals surface area contributed by atoms with Gasteiger partial charge in [-0.15, -0.1) is 10.2 Å². The second-order valence-corrected chi connectivity index (χ2v) is 11.8. The van der Waals surface area contributed by atoms with Gasteiger partial charge in [0.25, 0.3) is 16.1 Å². The van der Waals surface area contributed by atoms with Gasteiger partial charge in [-0.3, -0.25) is 15.1 Å². The highest BCUT2D eigenvalue weighted by Crippen LogP contribution is 2.38. The van der Waals surface area contributed by atoms with Crippen LogP contribution in [0.1, 0.15) is 16.1 Å². The molecule has 1 N–H and O–H groups in total. The molecule has 2 heterocycles. The van der Waals surface area contributed by atoms with Gasteiger partial charge in [-0.2, -0.15) is 17.0 Å². The van der Waals surface area contributed by atoms with E-state index in [-0.39, 0.29) is 39.1 Å². The van der Waals surface area contributed by atoms with E-state index in [2.05, 4.69) is 20.5 Å². The van der Waals surface area contributed by atoms with Crippen LogP contribution in [0.2, 0.25) is 5.02 Å². The van der Waals surface area contributed by atoms with E-state index in [1.54, 1.807) is 24.9 Å². The van der Waals surface area contributed by atoms with Crippen LogP contribution in [0.3, 0.4) is 0 Å². The minimum absolute atomic E-state index is 0.0418. The van der Waals surface area contributed by atoms with Gasteiger partial charge >= 0.3 is 0 Å². The van der Waals surface area contributed by atoms with Crippen LogP contribution in [0.5, 0.6) is 5.75 Å². The first-order chi connectivity index (χ1) is 17.4. The van der Waals surface area contributed by atoms with Crippen LogP contribution in [0.4, 0.5) is 14.7 Å². The molecule has 3 rings (SSSR count). The number of nitrogens with one attached hydrogen (secondary N) is 1. The number of halogens is 2. The summed E-state index contributed by atoms with van der Waals surface area (Å²) in [4.78, 5) is 19.1. The maximum absolute atomic E-state index is 15.0. The van der Waals surface area contributed by atoms with E-state index in [0.717, 1.165) is 15.6 Å². The van der Waals surface area contributed by atoms with Crippen molar-refractivity contribution in [3.63, 3.8) is 0 Å². The third kappa shape index (κ3) is 6.33. The number of aromatic nitrogens is 3. The van der Waals surface area contributed by atoms with E-state index < -0.39 is 21.9 Å². The molecule has 1 aromatic carbocycles. The molecule has 0 atom stereocenters. The number of carbonyl (C=O) groups excluding carboxylic acids is 1. The van der Waals surface area contributed by atoms with Crippen LogP contribution in [0.15, 0.2) is 24.4 Å². The number of aryl methyl sites for hydroxylation is 1. The normalized spacial score (nSPS) is 11.7. The number of methoxy groups -OCH3 is 1. The summed E-state index contributed by atoms with van der Waals surface area (Å²) in [6, 6.07) is 4.47. The lowest BCUT2D eigenvalue weighted by Gasteiger charge is -2.23. The second-order valence-electron chi connectivity index (χ2n) is 8.19.